The third-order valence-electron chi connectivity index (χ3n) is 2.07. The number of amides is 1. The number of amidine groups is 1. The minimum atomic E-state index is -0.284. The second-order valence-electron chi connectivity index (χ2n) is 3.19. The van der Waals surface area contributed by atoms with Crippen molar-refractivity contribution in [1.82, 2.24) is 4.31 Å². The first-order valence-corrected chi connectivity index (χ1v) is 5.32. The molecule has 0 saturated heterocycles. The SMILES string of the molecule is CC(=O)N1SC(N)=N[C@H]1c1ccccc1. The number of rotatable bonds is 1. The smallest absolute Gasteiger partial charge is 0.231 e. The van der Waals surface area contributed by atoms with Crippen LogP contribution in [0.3, 0.4) is 0 Å². The quantitative estimate of drug-likeness (QED) is 0.731. The van der Waals surface area contributed by atoms with Crippen LogP contribution in [-0.2, 0) is 4.79 Å². The summed E-state index contributed by atoms with van der Waals surface area (Å²) in [4.78, 5) is 15.6. The van der Waals surface area contributed by atoms with Gasteiger partial charge in [-0.05, 0) is 5.56 Å². The standard InChI is InChI=1S/C10H11N3OS/c1-7(14)13-9(12-10(11)15-13)8-5-3-2-4-6-8/h2-6,9H,1H3,(H2,11,12)/t9-/m1/s1. The van der Waals surface area contributed by atoms with Gasteiger partial charge >= 0.3 is 0 Å². The molecule has 0 aromatic heterocycles. The number of aliphatic imine (C=N–C) groups is 1. The average molecular weight is 221 g/mol. The van der Waals surface area contributed by atoms with Crippen molar-refractivity contribution < 1.29 is 4.79 Å². The Morgan fingerprint density at radius 3 is 2.73 bits per heavy atom. The first-order valence-electron chi connectivity index (χ1n) is 4.54. The van der Waals surface area contributed by atoms with Gasteiger partial charge < -0.3 is 5.73 Å². The molecule has 5 heteroatoms. The molecule has 4 nitrogen and oxygen atoms in total. The Morgan fingerprint density at radius 1 is 1.47 bits per heavy atom. The van der Waals surface area contributed by atoms with Crippen LogP contribution >= 0.6 is 11.9 Å². The van der Waals surface area contributed by atoms with Crippen LogP contribution in [0.4, 0.5) is 0 Å². The molecule has 0 radical (unpaired) electrons. The summed E-state index contributed by atoms with van der Waals surface area (Å²) in [6, 6.07) is 9.63. The molecule has 1 amide bonds. The van der Waals surface area contributed by atoms with Gasteiger partial charge in [-0.3, -0.25) is 9.10 Å². The van der Waals surface area contributed by atoms with Crippen molar-refractivity contribution in [3.63, 3.8) is 0 Å². The number of nitrogens with two attached hydrogens (primary N) is 1. The maximum atomic E-state index is 11.4. The molecule has 0 unspecified atom stereocenters. The molecule has 0 spiro atoms. The Kier molecular flexibility index (Phi) is 2.64. The lowest BCUT2D eigenvalue weighted by molar-refractivity contribution is -0.125. The lowest BCUT2D eigenvalue weighted by atomic mass is 10.2. The molecular weight excluding hydrogens is 210 g/mol. The minimum absolute atomic E-state index is 0.0435. The lowest BCUT2D eigenvalue weighted by Crippen LogP contribution is -2.22. The maximum absolute atomic E-state index is 11.4. The van der Waals surface area contributed by atoms with Crippen LogP contribution in [0.25, 0.3) is 0 Å². The summed E-state index contributed by atoms with van der Waals surface area (Å²) in [6.45, 7) is 1.51. The van der Waals surface area contributed by atoms with Crippen LogP contribution in [-0.4, -0.2) is 15.4 Å². The van der Waals surface area contributed by atoms with Crippen molar-refractivity contribution >= 4 is 23.0 Å². The summed E-state index contributed by atoms with van der Waals surface area (Å²) in [7, 11) is 0. The Hall–Kier alpha value is -1.49. The van der Waals surface area contributed by atoms with Gasteiger partial charge in [-0.1, -0.05) is 30.3 Å². The zero-order chi connectivity index (χ0) is 10.8. The highest BCUT2D eigenvalue weighted by atomic mass is 32.2. The molecule has 1 aliphatic rings. The molecular formula is C10H11N3OS. The van der Waals surface area contributed by atoms with Crippen LogP contribution in [0.15, 0.2) is 35.3 Å². The first kappa shape index (κ1) is 10.0. The summed E-state index contributed by atoms with van der Waals surface area (Å²) in [6.07, 6.45) is -0.284. The molecule has 2 N–H and O–H groups in total. The number of hydrogen-bond acceptors (Lipinski definition) is 4. The molecule has 0 saturated carbocycles. The molecule has 1 atom stereocenters. The summed E-state index contributed by atoms with van der Waals surface area (Å²) in [5, 5.41) is 0.430. The first-order chi connectivity index (χ1) is 7.18. The van der Waals surface area contributed by atoms with Crippen molar-refractivity contribution in [2.75, 3.05) is 0 Å². The highest BCUT2D eigenvalue weighted by Gasteiger charge is 2.29. The fourth-order valence-electron chi connectivity index (χ4n) is 1.42. The molecule has 1 aromatic carbocycles. The molecule has 78 valence electrons. The second-order valence-corrected chi connectivity index (χ2v) is 4.18. The Balaban J connectivity index is 2.31. The van der Waals surface area contributed by atoms with Crippen molar-refractivity contribution in [2.45, 2.75) is 13.1 Å². The van der Waals surface area contributed by atoms with Crippen LogP contribution in [0, 0.1) is 0 Å². The van der Waals surface area contributed by atoms with Gasteiger partial charge in [0, 0.05) is 18.9 Å². The molecule has 0 aliphatic carbocycles. The number of benzene rings is 1. The summed E-state index contributed by atoms with van der Waals surface area (Å²) in [5.41, 5.74) is 6.58. The number of carbonyl (C=O) groups is 1. The highest BCUT2D eigenvalue weighted by Crippen LogP contribution is 2.34. The van der Waals surface area contributed by atoms with E-state index in [-0.39, 0.29) is 12.1 Å². The minimum Gasteiger partial charge on any atom is -0.377 e. The van der Waals surface area contributed by atoms with Crippen LogP contribution in [0.2, 0.25) is 0 Å². The van der Waals surface area contributed by atoms with E-state index in [1.165, 1.54) is 18.9 Å². The van der Waals surface area contributed by atoms with Gasteiger partial charge in [0.15, 0.2) is 11.3 Å². The van der Waals surface area contributed by atoms with Gasteiger partial charge in [-0.25, -0.2) is 4.99 Å². The van der Waals surface area contributed by atoms with Crippen molar-refractivity contribution in [3.8, 4) is 0 Å². The topological polar surface area (TPSA) is 58.7 Å². The third-order valence-corrected chi connectivity index (χ3v) is 3.02. The Labute approximate surface area is 92.3 Å². The van der Waals surface area contributed by atoms with Crippen LogP contribution in [0.5, 0.6) is 0 Å². The van der Waals surface area contributed by atoms with E-state index in [9.17, 15) is 4.79 Å². The van der Waals surface area contributed by atoms with E-state index in [4.69, 9.17) is 5.73 Å². The highest BCUT2D eigenvalue weighted by molar-refractivity contribution is 8.12. The molecule has 0 bridgehead atoms. The fraction of sp³-hybridized carbons (Fsp3) is 0.200. The van der Waals surface area contributed by atoms with Crippen LogP contribution in [0.1, 0.15) is 18.7 Å². The third kappa shape index (κ3) is 1.97. The van der Waals surface area contributed by atoms with Gasteiger partial charge in [0.25, 0.3) is 0 Å². The Bertz CT molecular complexity index is 404. The zero-order valence-electron chi connectivity index (χ0n) is 8.25. The van der Waals surface area contributed by atoms with Gasteiger partial charge in [0.2, 0.25) is 5.91 Å². The van der Waals surface area contributed by atoms with Crippen molar-refractivity contribution in [3.05, 3.63) is 35.9 Å². The van der Waals surface area contributed by atoms with E-state index in [0.717, 1.165) is 5.56 Å². The summed E-state index contributed by atoms with van der Waals surface area (Å²) >= 11 is 1.19. The fourth-order valence-corrected chi connectivity index (χ4v) is 2.16. The van der Waals surface area contributed by atoms with E-state index in [0.29, 0.717) is 5.17 Å². The Morgan fingerprint density at radius 2 is 2.13 bits per heavy atom. The van der Waals surface area contributed by atoms with E-state index >= 15 is 0 Å². The van der Waals surface area contributed by atoms with Crippen LogP contribution < -0.4 is 5.73 Å². The summed E-state index contributed by atoms with van der Waals surface area (Å²) in [5.74, 6) is -0.0435. The van der Waals surface area contributed by atoms with Crippen molar-refractivity contribution in [1.29, 1.82) is 0 Å². The predicted molar refractivity (Wildman–Crippen MR) is 60.9 cm³/mol. The average Bonchev–Trinajstić information content (AvgIpc) is 2.62. The zero-order valence-corrected chi connectivity index (χ0v) is 9.07. The van der Waals surface area contributed by atoms with Crippen molar-refractivity contribution in [2.24, 2.45) is 10.7 Å². The van der Waals surface area contributed by atoms with E-state index in [2.05, 4.69) is 4.99 Å². The molecule has 2 rings (SSSR count). The second kappa shape index (κ2) is 3.94. The number of hydrogen-bond donors (Lipinski definition) is 1. The summed E-state index contributed by atoms with van der Waals surface area (Å²) < 4.78 is 1.57. The lowest BCUT2D eigenvalue weighted by Gasteiger charge is -2.19. The molecule has 1 aromatic rings. The largest absolute Gasteiger partial charge is 0.377 e. The van der Waals surface area contributed by atoms with E-state index in [1.807, 2.05) is 30.3 Å². The van der Waals surface area contributed by atoms with Gasteiger partial charge in [-0.2, -0.15) is 0 Å². The number of nitrogens with zero attached hydrogens (tertiary/aromatic N) is 2. The molecule has 1 aliphatic heterocycles. The van der Waals surface area contributed by atoms with Gasteiger partial charge in [0.1, 0.15) is 0 Å². The van der Waals surface area contributed by atoms with E-state index in [1.54, 1.807) is 4.31 Å². The molecule has 0 fully saturated rings. The normalized spacial score (nSPS) is 20.2. The monoisotopic (exact) mass is 221 g/mol. The molecule has 1 heterocycles. The predicted octanol–water partition coefficient (Wildman–Crippen LogP) is 1.51. The van der Waals surface area contributed by atoms with Gasteiger partial charge in [0.05, 0.1) is 0 Å². The van der Waals surface area contributed by atoms with E-state index < -0.39 is 0 Å². The maximum Gasteiger partial charge on any atom is 0.231 e. The van der Waals surface area contributed by atoms with Gasteiger partial charge in [-0.15, -0.1) is 0 Å². The molecule has 15 heavy (non-hydrogen) atoms. The number of carbonyl (C=O) groups excluding carboxylic acids is 1.